The van der Waals surface area contributed by atoms with Crippen LogP contribution < -0.4 is 5.43 Å². The van der Waals surface area contributed by atoms with E-state index in [0.29, 0.717) is 5.56 Å². The third-order valence-electron chi connectivity index (χ3n) is 4.77. The maximum Gasteiger partial charge on any atom is 0.272 e. The van der Waals surface area contributed by atoms with Crippen LogP contribution in [0, 0.1) is 0 Å². The maximum absolute atomic E-state index is 12.6. The molecular weight excluding hydrogens is 344 g/mol. The second-order valence-electron chi connectivity index (χ2n) is 6.61. The summed E-state index contributed by atoms with van der Waals surface area (Å²) in [6.45, 7) is 1.89. The summed E-state index contributed by atoms with van der Waals surface area (Å²) in [6.07, 6.45) is 0. The van der Waals surface area contributed by atoms with E-state index in [1.54, 1.807) is 0 Å². The third kappa shape index (κ3) is 3.69. The van der Waals surface area contributed by atoms with Crippen LogP contribution in [0.1, 0.15) is 22.8 Å². The van der Waals surface area contributed by atoms with Gasteiger partial charge in [0.25, 0.3) is 5.91 Å². The third-order valence-corrected chi connectivity index (χ3v) is 4.77. The molecule has 28 heavy (non-hydrogen) atoms. The van der Waals surface area contributed by atoms with Gasteiger partial charge in [0.05, 0.1) is 5.71 Å². The van der Waals surface area contributed by atoms with Gasteiger partial charge in [-0.05, 0) is 40.5 Å². The SMILES string of the molecule is CC(=NNC(=O)c1cccc2ccccc12)c1ccc(-c2ccccc2)cc1. The first kappa shape index (κ1) is 17.7. The van der Waals surface area contributed by atoms with E-state index >= 15 is 0 Å². The van der Waals surface area contributed by atoms with Crippen LogP contribution in [0.25, 0.3) is 21.9 Å². The molecule has 0 atom stereocenters. The maximum atomic E-state index is 12.6. The van der Waals surface area contributed by atoms with Crippen LogP contribution in [0.5, 0.6) is 0 Å². The summed E-state index contributed by atoms with van der Waals surface area (Å²) in [5.41, 5.74) is 7.36. The summed E-state index contributed by atoms with van der Waals surface area (Å²) in [4.78, 5) is 12.6. The van der Waals surface area contributed by atoms with Crippen molar-refractivity contribution < 1.29 is 4.79 Å². The fourth-order valence-corrected chi connectivity index (χ4v) is 3.22. The molecule has 3 heteroatoms. The van der Waals surface area contributed by atoms with Gasteiger partial charge in [-0.2, -0.15) is 5.10 Å². The molecule has 0 aliphatic rings. The molecule has 4 aromatic rings. The smallest absolute Gasteiger partial charge is 0.267 e. The normalized spacial score (nSPS) is 11.4. The molecule has 0 aliphatic heterocycles. The van der Waals surface area contributed by atoms with Gasteiger partial charge in [0, 0.05) is 5.56 Å². The highest BCUT2D eigenvalue weighted by Gasteiger charge is 2.09. The van der Waals surface area contributed by atoms with Crippen molar-refractivity contribution in [3.63, 3.8) is 0 Å². The number of fused-ring (bicyclic) bond motifs is 1. The molecule has 0 aromatic heterocycles. The Morgan fingerprint density at radius 2 is 1.36 bits per heavy atom. The Kier molecular flexibility index (Phi) is 4.98. The standard InChI is InChI=1S/C25H20N2O/c1-18(19-14-16-21(17-15-19)20-8-3-2-4-9-20)26-27-25(28)24-13-7-11-22-10-5-6-12-23(22)24/h2-17H,1H3,(H,27,28). The molecule has 0 aliphatic carbocycles. The van der Waals surface area contributed by atoms with Crippen molar-refractivity contribution in [3.8, 4) is 11.1 Å². The predicted molar refractivity (Wildman–Crippen MR) is 116 cm³/mol. The molecule has 136 valence electrons. The van der Waals surface area contributed by atoms with E-state index in [-0.39, 0.29) is 5.91 Å². The Morgan fingerprint density at radius 1 is 0.714 bits per heavy atom. The lowest BCUT2D eigenvalue weighted by Gasteiger charge is -2.07. The molecule has 0 saturated carbocycles. The number of carbonyl (C=O) groups is 1. The Bertz CT molecular complexity index is 1140. The number of hydrogen-bond acceptors (Lipinski definition) is 2. The fraction of sp³-hybridized carbons (Fsp3) is 0.0400. The van der Waals surface area contributed by atoms with E-state index < -0.39 is 0 Å². The first-order valence-electron chi connectivity index (χ1n) is 9.20. The molecule has 0 unspecified atom stereocenters. The lowest BCUT2D eigenvalue weighted by Crippen LogP contribution is -2.19. The molecule has 0 saturated heterocycles. The van der Waals surface area contributed by atoms with E-state index in [9.17, 15) is 4.79 Å². The van der Waals surface area contributed by atoms with Gasteiger partial charge in [0.15, 0.2) is 0 Å². The average molecular weight is 364 g/mol. The van der Waals surface area contributed by atoms with Crippen molar-refractivity contribution in [2.75, 3.05) is 0 Å². The van der Waals surface area contributed by atoms with Crippen LogP contribution in [0.2, 0.25) is 0 Å². The van der Waals surface area contributed by atoms with Crippen molar-refractivity contribution in [3.05, 3.63) is 108 Å². The summed E-state index contributed by atoms with van der Waals surface area (Å²) in [5, 5.41) is 6.25. The number of rotatable bonds is 4. The van der Waals surface area contributed by atoms with Gasteiger partial charge in [-0.3, -0.25) is 4.79 Å². The summed E-state index contributed by atoms with van der Waals surface area (Å²) in [5.74, 6) is -0.211. The number of benzene rings is 4. The minimum Gasteiger partial charge on any atom is -0.267 e. The van der Waals surface area contributed by atoms with Gasteiger partial charge in [-0.15, -0.1) is 0 Å². The molecule has 0 fully saturated rings. The van der Waals surface area contributed by atoms with E-state index in [2.05, 4.69) is 34.8 Å². The van der Waals surface area contributed by atoms with Crippen LogP contribution in [-0.2, 0) is 0 Å². The molecular formula is C25H20N2O. The highest BCUT2D eigenvalue weighted by atomic mass is 16.2. The lowest BCUT2D eigenvalue weighted by atomic mass is 10.0. The van der Waals surface area contributed by atoms with E-state index in [1.807, 2.05) is 79.7 Å². The Hall–Kier alpha value is -3.72. The minimum atomic E-state index is -0.211. The molecule has 1 amide bonds. The molecule has 0 radical (unpaired) electrons. The van der Waals surface area contributed by atoms with Crippen molar-refractivity contribution in [2.45, 2.75) is 6.92 Å². The zero-order valence-electron chi connectivity index (χ0n) is 15.6. The fourth-order valence-electron chi connectivity index (χ4n) is 3.22. The average Bonchev–Trinajstić information content (AvgIpc) is 2.77. The van der Waals surface area contributed by atoms with Gasteiger partial charge in [-0.25, -0.2) is 5.43 Å². The summed E-state index contributed by atoms with van der Waals surface area (Å²) < 4.78 is 0. The quantitative estimate of drug-likeness (QED) is 0.368. The van der Waals surface area contributed by atoms with E-state index in [1.165, 1.54) is 5.56 Å². The van der Waals surface area contributed by atoms with E-state index in [0.717, 1.165) is 27.6 Å². The molecule has 3 nitrogen and oxygen atoms in total. The minimum absolute atomic E-state index is 0.211. The molecule has 0 spiro atoms. The number of amides is 1. The molecule has 4 rings (SSSR count). The van der Waals surface area contributed by atoms with Gasteiger partial charge in [0.2, 0.25) is 0 Å². The van der Waals surface area contributed by atoms with E-state index in [4.69, 9.17) is 0 Å². The molecule has 0 heterocycles. The number of nitrogens with zero attached hydrogens (tertiary/aromatic N) is 1. The van der Waals surface area contributed by atoms with Gasteiger partial charge in [0.1, 0.15) is 0 Å². The summed E-state index contributed by atoms with van der Waals surface area (Å²) >= 11 is 0. The highest BCUT2D eigenvalue weighted by molar-refractivity contribution is 6.08. The molecule has 4 aromatic carbocycles. The van der Waals surface area contributed by atoms with Crippen LogP contribution >= 0.6 is 0 Å². The topological polar surface area (TPSA) is 41.5 Å². The second kappa shape index (κ2) is 7.89. The second-order valence-corrected chi connectivity index (χ2v) is 6.61. The molecule has 1 N–H and O–H groups in total. The Morgan fingerprint density at radius 3 is 2.14 bits per heavy atom. The van der Waals surface area contributed by atoms with Gasteiger partial charge >= 0.3 is 0 Å². The van der Waals surface area contributed by atoms with Crippen molar-refractivity contribution >= 4 is 22.4 Å². The summed E-state index contributed by atoms with van der Waals surface area (Å²) in [6, 6.07) is 31.9. The van der Waals surface area contributed by atoms with Gasteiger partial charge < -0.3 is 0 Å². The first-order chi connectivity index (χ1) is 13.7. The largest absolute Gasteiger partial charge is 0.272 e. The van der Waals surface area contributed by atoms with Gasteiger partial charge in [-0.1, -0.05) is 91.0 Å². The van der Waals surface area contributed by atoms with Crippen molar-refractivity contribution in [1.29, 1.82) is 0 Å². The number of carbonyl (C=O) groups excluding carboxylic acids is 1. The number of nitrogens with one attached hydrogen (secondary N) is 1. The first-order valence-corrected chi connectivity index (χ1v) is 9.20. The van der Waals surface area contributed by atoms with Crippen LogP contribution in [-0.4, -0.2) is 11.6 Å². The molecule has 0 bridgehead atoms. The number of hydrazone groups is 1. The summed E-state index contributed by atoms with van der Waals surface area (Å²) in [7, 11) is 0. The zero-order valence-corrected chi connectivity index (χ0v) is 15.6. The van der Waals surface area contributed by atoms with Crippen molar-refractivity contribution in [1.82, 2.24) is 5.43 Å². The van der Waals surface area contributed by atoms with Crippen molar-refractivity contribution in [2.24, 2.45) is 5.10 Å². The monoisotopic (exact) mass is 364 g/mol. The highest BCUT2D eigenvalue weighted by Crippen LogP contribution is 2.20. The Labute approximate surface area is 164 Å². The van der Waals surface area contributed by atoms with Crippen LogP contribution in [0.4, 0.5) is 0 Å². The zero-order chi connectivity index (χ0) is 19.3. The number of hydrogen-bond donors (Lipinski definition) is 1. The Balaban J connectivity index is 1.52. The van der Waals surface area contributed by atoms with Crippen LogP contribution in [0.15, 0.2) is 102 Å². The predicted octanol–water partition coefficient (Wildman–Crippen LogP) is 5.66. The lowest BCUT2D eigenvalue weighted by molar-refractivity contribution is 0.0956. The van der Waals surface area contributed by atoms with Crippen LogP contribution in [0.3, 0.4) is 0 Å².